The van der Waals surface area contributed by atoms with E-state index >= 15 is 0 Å². The number of hydrogen-bond donors (Lipinski definition) is 1. The number of rotatable bonds is 11. The van der Waals surface area contributed by atoms with Crippen LogP contribution in [-0.2, 0) is 9.59 Å². The van der Waals surface area contributed by atoms with Gasteiger partial charge in [0, 0.05) is 13.1 Å². The lowest BCUT2D eigenvalue weighted by atomic mass is 9.94. The minimum atomic E-state index is -0.792. The average Bonchev–Trinajstić information content (AvgIpc) is 3.14. The molecule has 8 heteroatoms. The van der Waals surface area contributed by atoms with Crippen LogP contribution in [0.1, 0.15) is 37.9 Å². The van der Waals surface area contributed by atoms with E-state index in [-0.39, 0.29) is 11.3 Å². The van der Waals surface area contributed by atoms with E-state index in [2.05, 4.69) is 4.90 Å². The van der Waals surface area contributed by atoms with E-state index < -0.39 is 17.7 Å². The number of carbonyl (C=O) groups is 2. The zero-order valence-electron chi connectivity index (χ0n) is 21.0. The fourth-order valence-corrected chi connectivity index (χ4v) is 4.36. The molecular formula is C27H34N2O6. The molecule has 0 aromatic heterocycles. The summed E-state index contributed by atoms with van der Waals surface area (Å²) >= 11 is 0. The number of likely N-dealkylation sites (N-methyl/N-ethyl adjacent to an activating group) is 1. The number of aliphatic hydroxyl groups excluding tert-OH is 1. The summed E-state index contributed by atoms with van der Waals surface area (Å²) in [6, 6.07) is 11.4. The number of methoxy groups -OCH3 is 2. The number of carbonyl (C=O) groups excluding carboxylic acids is 2. The third-order valence-electron chi connectivity index (χ3n) is 6.26. The largest absolute Gasteiger partial charge is 0.507 e. The first-order chi connectivity index (χ1) is 16.9. The number of likely N-dealkylation sites (tertiary alicyclic amines) is 1. The van der Waals surface area contributed by atoms with Gasteiger partial charge in [0.2, 0.25) is 0 Å². The van der Waals surface area contributed by atoms with Crippen LogP contribution < -0.4 is 14.2 Å². The topological polar surface area (TPSA) is 88.5 Å². The Morgan fingerprint density at radius 3 is 2.29 bits per heavy atom. The van der Waals surface area contributed by atoms with Crippen molar-refractivity contribution in [2.45, 2.75) is 26.8 Å². The third-order valence-corrected chi connectivity index (χ3v) is 6.26. The van der Waals surface area contributed by atoms with Crippen molar-refractivity contribution in [1.82, 2.24) is 9.80 Å². The molecule has 1 fully saturated rings. The highest BCUT2D eigenvalue weighted by Gasteiger charge is 2.46. The van der Waals surface area contributed by atoms with Crippen molar-refractivity contribution >= 4 is 17.4 Å². The van der Waals surface area contributed by atoms with Crippen LogP contribution in [0.15, 0.2) is 48.0 Å². The maximum atomic E-state index is 13.3. The van der Waals surface area contributed by atoms with Gasteiger partial charge in [-0.1, -0.05) is 32.0 Å². The lowest BCUT2D eigenvalue weighted by Crippen LogP contribution is -2.38. The molecule has 1 saturated heterocycles. The molecule has 8 nitrogen and oxygen atoms in total. The van der Waals surface area contributed by atoms with Gasteiger partial charge in [-0.2, -0.15) is 0 Å². The number of benzene rings is 2. The van der Waals surface area contributed by atoms with Crippen molar-refractivity contribution in [2.75, 3.05) is 47.0 Å². The molecule has 0 radical (unpaired) electrons. The molecule has 0 bridgehead atoms. The molecule has 0 spiro atoms. The summed E-state index contributed by atoms with van der Waals surface area (Å²) in [5.74, 6) is -0.205. The van der Waals surface area contributed by atoms with Gasteiger partial charge >= 0.3 is 0 Å². The molecule has 188 valence electrons. The number of ether oxygens (including phenoxy) is 3. The summed E-state index contributed by atoms with van der Waals surface area (Å²) in [7, 11) is 3.03. The molecule has 1 atom stereocenters. The monoisotopic (exact) mass is 482 g/mol. The minimum Gasteiger partial charge on any atom is -0.507 e. The highest BCUT2D eigenvalue weighted by molar-refractivity contribution is 6.46. The van der Waals surface area contributed by atoms with E-state index in [1.807, 2.05) is 20.8 Å². The molecule has 1 amide bonds. The van der Waals surface area contributed by atoms with Gasteiger partial charge in [-0.3, -0.25) is 9.59 Å². The zero-order valence-corrected chi connectivity index (χ0v) is 21.0. The molecule has 1 N–H and O–H groups in total. The molecule has 1 aliphatic heterocycles. The molecule has 0 saturated carbocycles. The molecule has 2 aromatic rings. The van der Waals surface area contributed by atoms with E-state index in [0.717, 1.165) is 13.1 Å². The lowest BCUT2D eigenvalue weighted by Gasteiger charge is -2.28. The summed E-state index contributed by atoms with van der Waals surface area (Å²) in [6.07, 6.45) is 0. The van der Waals surface area contributed by atoms with E-state index in [4.69, 9.17) is 14.2 Å². The number of nitrogens with zero attached hydrogens (tertiary/aromatic N) is 2. The second-order valence-corrected chi connectivity index (χ2v) is 8.06. The summed E-state index contributed by atoms with van der Waals surface area (Å²) in [4.78, 5) is 30.2. The van der Waals surface area contributed by atoms with Gasteiger partial charge in [0.05, 0.1) is 38.0 Å². The Balaban J connectivity index is 2.18. The molecule has 2 aromatic carbocycles. The molecule has 0 aliphatic carbocycles. The third kappa shape index (κ3) is 5.27. The van der Waals surface area contributed by atoms with Crippen LogP contribution in [0.4, 0.5) is 0 Å². The number of para-hydroxylation sites is 1. The predicted molar refractivity (Wildman–Crippen MR) is 134 cm³/mol. The number of aliphatic hydroxyl groups is 1. The second kappa shape index (κ2) is 11.8. The molecule has 1 unspecified atom stereocenters. The Labute approximate surface area is 206 Å². The van der Waals surface area contributed by atoms with Crippen LogP contribution in [0.25, 0.3) is 5.76 Å². The Hall–Kier alpha value is -3.52. The van der Waals surface area contributed by atoms with Gasteiger partial charge in [-0.05, 0) is 49.8 Å². The average molecular weight is 483 g/mol. The predicted octanol–water partition coefficient (Wildman–Crippen LogP) is 3.87. The van der Waals surface area contributed by atoms with Crippen LogP contribution in [0.3, 0.4) is 0 Å². The molecule has 3 rings (SSSR count). The standard InChI is InChI=1S/C27H34N2O6/c1-6-28(7-2)15-16-29-24(18-13-14-21(35-8-3)22(17-18)34-5)23(26(31)27(29)32)25(30)19-11-9-10-12-20(19)33-4/h9-14,17,24,30H,6-8,15-16H2,1-5H3/b25-23+. The second-order valence-electron chi connectivity index (χ2n) is 8.06. The van der Waals surface area contributed by atoms with Gasteiger partial charge in [0.1, 0.15) is 11.5 Å². The van der Waals surface area contributed by atoms with E-state index in [9.17, 15) is 14.7 Å². The Bertz CT molecular complexity index is 1090. The quantitative estimate of drug-likeness (QED) is 0.296. The van der Waals surface area contributed by atoms with Gasteiger partial charge in [-0.25, -0.2) is 0 Å². The summed E-state index contributed by atoms with van der Waals surface area (Å²) < 4.78 is 16.6. The van der Waals surface area contributed by atoms with E-state index in [1.54, 1.807) is 42.5 Å². The van der Waals surface area contributed by atoms with Crippen LogP contribution in [-0.4, -0.2) is 73.6 Å². The van der Waals surface area contributed by atoms with Gasteiger partial charge < -0.3 is 29.1 Å². The van der Waals surface area contributed by atoms with Crippen molar-refractivity contribution in [3.05, 3.63) is 59.2 Å². The van der Waals surface area contributed by atoms with Gasteiger partial charge in [0.25, 0.3) is 11.7 Å². The zero-order chi connectivity index (χ0) is 25.5. The molecule has 35 heavy (non-hydrogen) atoms. The van der Waals surface area contributed by atoms with Crippen LogP contribution in [0.2, 0.25) is 0 Å². The van der Waals surface area contributed by atoms with Crippen LogP contribution in [0, 0.1) is 0 Å². The van der Waals surface area contributed by atoms with Crippen molar-refractivity contribution in [1.29, 1.82) is 0 Å². The SMILES string of the molecule is CCOc1ccc(C2/C(=C(\O)c3ccccc3OC)C(=O)C(=O)N2CCN(CC)CC)cc1OC. The Morgan fingerprint density at radius 2 is 1.66 bits per heavy atom. The summed E-state index contributed by atoms with van der Waals surface area (Å²) in [6.45, 7) is 9.01. The first kappa shape index (κ1) is 26.1. The highest BCUT2D eigenvalue weighted by Crippen LogP contribution is 2.42. The van der Waals surface area contributed by atoms with Crippen molar-refractivity contribution < 1.29 is 28.9 Å². The highest BCUT2D eigenvalue weighted by atomic mass is 16.5. The number of Topliss-reactive ketones (excluding diaryl/α,β-unsaturated/α-hetero) is 1. The first-order valence-electron chi connectivity index (χ1n) is 11.9. The molecule has 1 heterocycles. The number of amides is 1. The van der Waals surface area contributed by atoms with Gasteiger partial charge in [0.15, 0.2) is 11.5 Å². The van der Waals surface area contributed by atoms with Crippen LogP contribution >= 0.6 is 0 Å². The lowest BCUT2D eigenvalue weighted by molar-refractivity contribution is -0.140. The first-order valence-corrected chi connectivity index (χ1v) is 11.9. The fraction of sp³-hybridized carbons (Fsp3) is 0.407. The Morgan fingerprint density at radius 1 is 0.971 bits per heavy atom. The maximum Gasteiger partial charge on any atom is 0.295 e. The van der Waals surface area contributed by atoms with E-state index in [0.29, 0.717) is 48.1 Å². The smallest absolute Gasteiger partial charge is 0.295 e. The number of ketones is 1. The molecular weight excluding hydrogens is 448 g/mol. The number of hydrogen-bond acceptors (Lipinski definition) is 7. The Kier molecular flexibility index (Phi) is 8.76. The molecule has 1 aliphatic rings. The fourth-order valence-electron chi connectivity index (χ4n) is 4.36. The van der Waals surface area contributed by atoms with Crippen molar-refractivity contribution in [3.63, 3.8) is 0 Å². The van der Waals surface area contributed by atoms with E-state index in [1.165, 1.54) is 19.1 Å². The normalized spacial score (nSPS) is 17.2. The minimum absolute atomic E-state index is 0.0188. The van der Waals surface area contributed by atoms with Gasteiger partial charge in [-0.15, -0.1) is 0 Å². The van der Waals surface area contributed by atoms with Crippen molar-refractivity contribution in [2.24, 2.45) is 0 Å². The van der Waals surface area contributed by atoms with Crippen LogP contribution in [0.5, 0.6) is 17.2 Å². The summed E-state index contributed by atoms with van der Waals surface area (Å²) in [5, 5.41) is 11.3. The maximum absolute atomic E-state index is 13.3. The van der Waals surface area contributed by atoms with Crippen molar-refractivity contribution in [3.8, 4) is 17.2 Å². The summed E-state index contributed by atoms with van der Waals surface area (Å²) in [5.41, 5.74) is 1.01.